The standard InChI is InChI=1S/C15H24N4O3S/c1-10-7-13(23(17,21)22)8-14(11(10)2)18-15(20)9-19-5-3-12(16)4-6-19/h7-8,12H,3-6,9,16H2,1-2H3,(H,18,20)(H2,17,21,22). The lowest BCUT2D eigenvalue weighted by Crippen LogP contribution is -2.43. The van der Waals surface area contributed by atoms with Crippen LogP contribution in [-0.4, -0.2) is 44.9 Å². The largest absolute Gasteiger partial charge is 0.328 e. The molecule has 7 nitrogen and oxygen atoms in total. The molecule has 128 valence electrons. The smallest absolute Gasteiger partial charge is 0.238 e. The molecular formula is C15H24N4O3S. The Morgan fingerprint density at radius 3 is 2.48 bits per heavy atom. The third-order valence-corrected chi connectivity index (χ3v) is 5.14. The van der Waals surface area contributed by atoms with Crippen molar-refractivity contribution in [2.24, 2.45) is 10.9 Å². The van der Waals surface area contributed by atoms with E-state index in [9.17, 15) is 13.2 Å². The third-order valence-electron chi connectivity index (χ3n) is 4.24. The van der Waals surface area contributed by atoms with Crippen molar-refractivity contribution in [1.29, 1.82) is 0 Å². The van der Waals surface area contributed by atoms with E-state index in [4.69, 9.17) is 10.9 Å². The minimum Gasteiger partial charge on any atom is -0.328 e. The highest BCUT2D eigenvalue weighted by atomic mass is 32.2. The fourth-order valence-electron chi connectivity index (χ4n) is 2.62. The summed E-state index contributed by atoms with van der Waals surface area (Å²) in [5, 5.41) is 7.97. The van der Waals surface area contributed by atoms with Crippen LogP contribution in [0.5, 0.6) is 0 Å². The van der Waals surface area contributed by atoms with Gasteiger partial charge in [-0.25, -0.2) is 13.6 Å². The molecular weight excluding hydrogens is 316 g/mol. The minimum atomic E-state index is -3.81. The van der Waals surface area contributed by atoms with Gasteiger partial charge in [0, 0.05) is 24.8 Å². The summed E-state index contributed by atoms with van der Waals surface area (Å²) in [4.78, 5) is 14.3. The number of amides is 1. The molecule has 1 aliphatic rings. The Morgan fingerprint density at radius 1 is 1.30 bits per heavy atom. The van der Waals surface area contributed by atoms with Gasteiger partial charge in [-0.15, -0.1) is 0 Å². The number of benzene rings is 1. The van der Waals surface area contributed by atoms with Gasteiger partial charge >= 0.3 is 0 Å². The zero-order valence-electron chi connectivity index (χ0n) is 13.5. The summed E-state index contributed by atoms with van der Waals surface area (Å²) in [5.41, 5.74) is 7.91. The van der Waals surface area contributed by atoms with Crippen molar-refractivity contribution in [3.8, 4) is 0 Å². The first kappa shape index (κ1) is 17.9. The molecule has 0 spiro atoms. The monoisotopic (exact) mass is 340 g/mol. The molecule has 0 bridgehead atoms. The second-order valence-electron chi connectivity index (χ2n) is 6.12. The number of carbonyl (C=O) groups is 1. The number of hydrogen-bond donors (Lipinski definition) is 3. The maximum Gasteiger partial charge on any atom is 0.238 e. The highest BCUT2D eigenvalue weighted by Gasteiger charge is 2.19. The van der Waals surface area contributed by atoms with Crippen LogP contribution in [0.4, 0.5) is 5.69 Å². The summed E-state index contributed by atoms with van der Waals surface area (Å²) in [6.45, 7) is 5.47. The first-order chi connectivity index (χ1) is 10.7. The van der Waals surface area contributed by atoms with Gasteiger partial charge in [0.1, 0.15) is 0 Å². The molecule has 0 saturated carbocycles. The molecule has 1 aromatic rings. The number of rotatable bonds is 4. The third kappa shape index (κ3) is 4.74. The van der Waals surface area contributed by atoms with E-state index < -0.39 is 10.0 Å². The number of hydrogen-bond acceptors (Lipinski definition) is 5. The molecule has 0 aromatic heterocycles. The number of nitrogens with two attached hydrogens (primary N) is 2. The lowest BCUT2D eigenvalue weighted by atomic mass is 10.1. The van der Waals surface area contributed by atoms with Gasteiger partial charge < -0.3 is 11.1 Å². The summed E-state index contributed by atoms with van der Waals surface area (Å²) >= 11 is 0. The first-order valence-corrected chi connectivity index (χ1v) is 9.13. The van der Waals surface area contributed by atoms with Gasteiger partial charge in [0.15, 0.2) is 0 Å². The predicted molar refractivity (Wildman–Crippen MR) is 89.6 cm³/mol. The molecule has 1 aliphatic heterocycles. The molecule has 1 saturated heterocycles. The SMILES string of the molecule is Cc1cc(S(N)(=O)=O)cc(NC(=O)CN2CCC(N)CC2)c1C. The van der Waals surface area contributed by atoms with E-state index in [1.807, 2.05) is 11.8 Å². The van der Waals surface area contributed by atoms with Crippen LogP contribution in [0.15, 0.2) is 17.0 Å². The number of piperidine rings is 1. The van der Waals surface area contributed by atoms with Crippen LogP contribution in [0.3, 0.4) is 0 Å². The summed E-state index contributed by atoms with van der Waals surface area (Å²) in [7, 11) is -3.81. The number of nitrogens with zero attached hydrogens (tertiary/aromatic N) is 1. The van der Waals surface area contributed by atoms with Crippen molar-refractivity contribution < 1.29 is 13.2 Å². The summed E-state index contributed by atoms with van der Waals surface area (Å²) in [6.07, 6.45) is 1.76. The Bertz CT molecular complexity index is 695. The molecule has 0 radical (unpaired) electrons. The summed E-state index contributed by atoms with van der Waals surface area (Å²) in [5.74, 6) is -0.172. The lowest BCUT2D eigenvalue weighted by Gasteiger charge is -2.29. The Labute approximate surface area is 137 Å². The van der Waals surface area contributed by atoms with Crippen molar-refractivity contribution in [1.82, 2.24) is 4.90 Å². The molecule has 1 aromatic carbocycles. The van der Waals surface area contributed by atoms with Gasteiger partial charge in [-0.1, -0.05) is 0 Å². The van der Waals surface area contributed by atoms with Gasteiger partial charge in [-0.05, 0) is 49.9 Å². The predicted octanol–water partition coefficient (Wildman–Crippen LogP) is 0.312. The summed E-state index contributed by atoms with van der Waals surface area (Å²) < 4.78 is 23.1. The molecule has 1 amide bonds. The van der Waals surface area contributed by atoms with Gasteiger partial charge in [-0.2, -0.15) is 0 Å². The van der Waals surface area contributed by atoms with Crippen molar-refractivity contribution in [3.05, 3.63) is 23.3 Å². The fraction of sp³-hybridized carbons (Fsp3) is 0.533. The average Bonchev–Trinajstić information content (AvgIpc) is 2.45. The van der Waals surface area contributed by atoms with Crippen molar-refractivity contribution in [3.63, 3.8) is 0 Å². The number of aryl methyl sites for hydroxylation is 1. The van der Waals surface area contributed by atoms with E-state index in [1.165, 1.54) is 12.1 Å². The van der Waals surface area contributed by atoms with Gasteiger partial charge in [-0.3, -0.25) is 9.69 Å². The highest BCUT2D eigenvalue weighted by Crippen LogP contribution is 2.23. The zero-order chi connectivity index (χ0) is 17.2. The lowest BCUT2D eigenvalue weighted by molar-refractivity contribution is -0.117. The molecule has 1 heterocycles. The van der Waals surface area contributed by atoms with Crippen LogP contribution < -0.4 is 16.2 Å². The maximum absolute atomic E-state index is 12.2. The van der Waals surface area contributed by atoms with Crippen molar-refractivity contribution in [2.45, 2.75) is 37.6 Å². The van der Waals surface area contributed by atoms with E-state index in [-0.39, 0.29) is 23.4 Å². The van der Waals surface area contributed by atoms with Crippen LogP contribution in [0.2, 0.25) is 0 Å². The molecule has 23 heavy (non-hydrogen) atoms. The number of carbonyl (C=O) groups excluding carboxylic acids is 1. The zero-order valence-corrected chi connectivity index (χ0v) is 14.3. The molecule has 1 fully saturated rings. The normalized spacial score (nSPS) is 17.2. The number of anilines is 1. The average molecular weight is 340 g/mol. The minimum absolute atomic E-state index is 0.000143. The van der Waals surface area contributed by atoms with Gasteiger partial charge in [0.05, 0.1) is 11.4 Å². The topological polar surface area (TPSA) is 119 Å². The van der Waals surface area contributed by atoms with Gasteiger partial charge in [0.25, 0.3) is 0 Å². The molecule has 0 atom stereocenters. The Balaban J connectivity index is 2.10. The molecule has 0 aliphatic carbocycles. The van der Waals surface area contributed by atoms with Crippen LogP contribution >= 0.6 is 0 Å². The van der Waals surface area contributed by atoms with Gasteiger partial charge in [0.2, 0.25) is 15.9 Å². The molecule has 5 N–H and O–H groups in total. The first-order valence-electron chi connectivity index (χ1n) is 7.58. The van der Waals surface area contributed by atoms with E-state index in [2.05, 4.69) is 5.32 Å². The van der Waals surface area contributed by atoms with Crippen LogP contribution in [0, 0.1) is 13.8 Å². The number of primary sulfonamides is 1. The van der Waals surface area contributed by atoms with Crippen LogP contribution in [0.25, 0.3) is 0 Å². The fourth-order valence-corrected chi connectivity index (χ4v) is 3.25. The second-order valence-corrected chi connectivity index (χ2v) is 7.68. The highest BCUT2D eigenvalue weighted by molar-refractivity contribution is 7.89. The van der Waals surface area contributed by atoms with E-state index in [1.54, 1.807) is 6.92 Å². The van der Waals surface area contributed by atoms with Crippen LogP contribution in [0.1, 0.15) is 24.0 Å². The Kier molecular flexibility index (Phi) is 5.41. The number of sulfonamides is 1. The molecule has 8 heteroatoms. The molecule has 0 unspecified atom stereocenters. The van der Waals surface area contributed by atoms with Crippen molar-refractivity contribution >= 4 is 21.6 Å². The number of likely N-dealkylation sites (tertiary alicyclic amines) is 1. The quantitative estimate of drug-likeness (QED) is 0.729. The summed E-state index contributed by atoms with van der Waals surface area (Å²) in [6, 6.07) is 3.12. The Morgan fingerprint density at radius 2 is 1.91 bits per heavy atom. The van der Waals surface area contributed by atoms with Crippen LogP contribution in [-0.2, 0) is 14.8 Å². The Hall–Kier alpha value is -1.48. The molecule has 2 rings (SSSR count). The van der Waals surface area contributed by atoms with E-state index in [0.717, 1.165) is 37.1 Å². The van der Waals surface area contributed by atoms with Crippen molar-refractivity contribution in [2.75, 3.05) is 25.0 Å². The van der Waals surface area contributed by atoms with E-state index in [0.29, 0.717) is 5.69 Å². The maximum atomic E-state index is 12.2. The second kappa shape index (κ2) is 6.96. The van der Waals surface area contributed by atoms with E-state index >= 15 is 0 Å². The number of nitrogens with one attached hydrogen (secondary N) is 1.